The van der Waals surface area contributed by atoms with Gasteiger partial charge in [0.25, 0.3) is 0 Å². The molecule has 0 spiro atoms. The molecular weight excluding hydrogens is 148 g/mol. The van der Waals surface area contributed by atoms with Crippen LogP contribution in [0.1, 0.15) is 25.3 Å². The van der Waals surface area contributed by atoms with Gasteiger partial charge in [-0.3, -0.25) is 0 Å². The predicted molar refractivity (Wildman–Crippen MR) is 49.0 cm³/mol. The lowest BCUT2D eigenvalue weighted by atomic mass is 9.91. The summed E-state index contributed by atoms with van der Waals surface area (Å²) in [6.45, 7) is 1.89. The van der Waals surface area contributed by atoms with Gasteiger partial charge >= 0.3 is 0 Å². The summed E-state index contributed by atoms with van der Waals surface area (Å²) in [5.74, 6) is 0. The van der Waals surface area contributed by atoms with Crippen LogP contribution in [-0.2, 0) is 5.41 Å². The molecular formula is C11H14O. The zero-order valence-electron chi connectivity index (χ0n) is 7.33. The number of rotatable bonds is 2. The monoisotopic (exact) mass is 162 g/mol. The molecule has 1 fully saturated rings. The van der Waals surface area contributed by atoms with Gasteiger partial charge in [0.05, 0.1) is 6.10 Å². The molecule has 1 aliphatic carbocycles. The maximum absolute atomic E-state index is 9.60. The van der Waals surface area contributed by atoms with Gasteiger partial charge in [-0.05, 0) is 25.3 Å². The Morgan fingerprint density at radius 1 is 1.25 bits per heavy atom. The number of benzene rings is 1. The highest BCUT2D eigenvalue weighted by molar-refractivity contribution is 5.32. The zero-order chi connectivity index (χ0) is 8.60. The van der Waals surface area contributed by atoms with Crippen molar-refractivity contribution in [2.24, 2.45) is 0 Å². The van der Waals surface area contributed by atoms with Crippen LogP contribution in [-0.4, -0.2) is 11.2 Å². The van der Waals surface area contributed by atoms with Crippen LogP contribution in [0.15, 0.2) is 30.3 Å². The minimum atomic E-state index is -0.208. The SMILES string of the molecule is C[C@@H](O)C1(c2ccccc2)CC1. The van der Waals surface area contributed by atoms with Crippen molar-refractivity contribution in [1.29, 1.82) is 0 Å². The Hall–Kier alpha value is -0.820. The largest absolute Gasteiger partial charge is 0.392 e. The van der Waals surface area contributed by atoms with E-state index in [0.29, 0.717) is 0 Å². The van der Waals surface area contributed by atoms with Crippen LogP contribution in [0.3, 0.4) is 0 Å². The fourth-order valence-corrected chi connectivity index (χ4v) is 1.85. The first-order valence-corrected chi connectivity index (χ1v) is 4.49. The van der Waals surface area contributed by atoms with Crippen molar-refractivity contribution in [3.05, 3.63) is 35.9 Å². The van der Waals surface area contributed by atoms with E-state index in [1.807, 2.05) is 25.1 Å². The van der Waals surface area contributed by atoms with Crippen molar-refractivity contribution in [2.45, 2.75) is 31.3 Å². The molecule has 1 aromatic carbocycles. The van der Waals surface area contributed by atoms with Crippen LogP contribution in [0.4, 0.5) is 0 Å². The first-order valence-electron chi connectivity index (χ1n) is 4.49. The fourth-order valence-electron chi connectivity index (χ4n) is 1.85. The average Bonchev–Trinajstić information content (AvgIpc) is 2.86. The van der Waals surface area contributed by atoms with Crippen molar-refractivity contribution < 1.29 is 5.11 Å². The van der Waals surface area contributed by atoms with Crippen molar-refractivity contribution >= 4 is 0 Å². The van der Waals surface area contributed by atoms with Crippen molar-refractivity contribution in [2.75, 3.05) is 0 Å². The van der Waals surface area contributed by atoms with Crippen LogP contribution < -0.4 is 0 Å². The summed E-state index contributed by atoms with van der Waals surface area (Å²) in [6.07, 6.45) is 2.06. The van der Waals surface area contributed by atoms with Crippen LogP contribution in [0.2, 0.25) is 0 Å². The first kappa shape index (κ1) is 7.81. The molecule has 1 atom stereocenters. The average molecular weight is 162 g/mol. The van der Waals surface area contributed by atoms with E-state index in [1.54, 1.807) is 0 Å². The van der Waals surface area contributed by atoms with E-state index in [0.717, 1.165) is 12.8 Å². The van der Waals surface area contributed by atoms with E-state index in [-0.39, 0.29) is 11.5 Å². The molecule has 0 unspecified atom stereocenters. The van der Waals surface area contributed by atoms with Gasteiger partial charge in [0.2, 0.25) is 0 Å². The molecule has 64 valence electrons. The highest BCUT2D eigenvalue weighted by atomic mass is 16.3. The lowest BCUT2D eigenvalue weighted by molar-refractivity contribution is 0.150. The summed E-state index contributed by atoms with van der Waals surface area (Å²) >= 11 is 0. The van der Waals surface area contributed by atoms with Gasteiger partial charge in [0.1, 0.15) is 0 Å². The van der Waals surface area contributed by atoms with Gasteiger partial charge < -0.3 is 5.11 Å². The quantitative estimate of drug-likeness (QED) is 0.706. The van der Waals surface area contributed by atoms with Crippen LogP contribution in [0.25, 0.3) is 0 Å². The lowest BCUT2D eigenvalue weighted by Gasteiger charge is -2.18. The lowest BCUT2D eigenvalue weighted by Crippen LogP contribution is -2.22. The van der Waals surface area contributed by atoms with Crippen molar-refractivity contribution in [3.8, 4) is 0 Å². The predicted octanol–water partition coefficient (Wildman–Crippen LogP) is 2.10. The Labute approximate surface area is 73.0 Å². The second kappa shape index (κ2) is 2.60. The van der Waals surface area contributed by atoms with Gasteiger partial charge in [-0.25, -0.2) is 0 Å². The molecule has 1 aliphatic rings. The summed E-state index contributed by atoms with van der Waals surface area (Å²) in [5.41, 5.74) is 1.39. The summed E-state index contributed by atoms with van der Waals surface area (Å²) in [7, 11) is 0. The molecule has 0 saturated heterocycles. The summed E-state index contributed by atoms with van der Waals surface area (Å²) in [5, 5.41) is 9.60. The summed E-state index contributed by atoms with van der Waals surface area (Å²) in [4.78, 5) is 0. The normalized spacial score (nSPS) is 21.8. The third kappa shape index (κ3) is 1.05. The van der Waals surface area contributed by atoms with E-state index in [1.165, 1.54) is 5.56 Å². The van der Waals surface area contributed by atoms with Crippen molar-refractivity contribution in [3.63, 3.8) is 0 Å². The number of aliphatic hydroxyl groups excluding tert-OH is 1. The molecule has 1 N–H and O–H groups in total. The molecule has 0 amide bonds. The summed E-state index contributed by atoms with van der Waals surface area (Å²) in [6, 6.07) is 10.3. The van der Waals surface area contributed by atoms with Crippen molar-refractivity contribution in [1.82, 2.24) is 0 Å². The second-order valence-electron chi connectivity index (χ2n) is 3.70. The molecule has 0 aliphatic heterocycles. The number of hydrogen-bond donors (Lipinski definition) is 1. The van der Waals surface area contributed by atoms with Gasteiger partial charge in [0, 0.05) is 5.41 Å². The fraction of sp³-hybridized carbons (Fsp3) is 0.455. The Morgan fingerprint density at radius 2 is 1.83 bits per heavy atom. The van der Waals surface area contributed by atoms with Gasteiger partial charge in [0.15, 0.2) is 0 Å². The maximum Gasteiger partial charge on any atom is 0.0608 e. The van der Waals surface area contributed by atoms with E-state index in [2.05, 4.69) is 12.1 Å². The summed E-state index contributed by atoms with van der Waals surface area (Å²) < 4.78 is 0. The molecule has 1 aromatic rings. The third-order valence-electron chi connectivity index (χ3n) is 2.94. The molecule has 2 rings (SSSR count). The highest BCUT2D eigenvalue weighted by Crippen LogP contribution is 2.50. The molecule has 0 aromatic heterocycles. The molecule has 12 heavy (non-hydrogen) atoms. The van der Waals surface area contributed by atoms with Crippen LogP contribution >= 0.6 is 0 Å². The maximum atomic E-state index is 9.60. The van der Waals surface area contributed by atoms with Gasteiger partial charge in [-0.1, -0.05) is 30.3 Å². The molecule has 1 nitrogen and oxygen atoms in total. The second-order valence-corrected chi connectivity index (χ2v) is 3.70. The molecule has 0 radical (unpaired) electrons. The molecule has 1 heteroatoms. The van der Waals surface area contributed by atoms with Gasteiger partial charge in [-0.2, -0.15) is 0 Å². The van der Waals surface area contributed by atoms with E-state index in [9.17, 15) is 5.11 Å². The molecule has 1 saturated carbocycles. The molecule has 0 bridgehead atoms. The Balaban J connectivity index is 2.31. The minimum absolute atomic E-state index is 0.0985. The number of hydrogen-bond acceptors (Lipinski definition) is 1. The van der Waals surface area contributed by atoms with E-state index < -0.39 is 0 Å². The van der Waals surface area contributed by atoms with Gasteiger partial charge in [-0.15, -0.1) is 0 Å². The minimum Gasteiger partial charge on any atom is -0.392 e. The highest BCUT2D eigenvalue weighted by Gasteiger charge is 2.48. The Bertz CT molecular complexity index is 260. The number of aliphatic hydroxyl groups is 1. The van der Waals surface area contributed by atoms with Crippen LogP contribution in [0, 0.1) is 0 Å². The standard InChI is InChI=1S/C11H14O/c1-9(12)11(7-8-11)10-5-3-2-4-6-10/h2-6,9,12H,7-8H2,1H3/t9-/m1/s1. The zero-order valence-corrected chi connectivity index (χ0v) is 7.33. The van der Waals surface area contributed by atoms with Crippen LogP contribution in [0.5, 0.6) is 0 Å². The smallest absolute Gasteiger partial charge is 0.0608 e. The van der Waals surface area contributed by atoms with E-state index in [4.69, 9.17) is 0 Å². The first-order chi connectivity index (χ1) is 5.76. The Morgan fingerprint density at radius 3 is 2.25 bits per heavy atom. The third-order valence-corrected chi connectivity index (χ3v) is 2.94. The Kier molecular flexibility index (Phi) is 1.69. The molecule has 0 heterocycles. The van der Waals surface area contributed by atoms with E-state index >= 15 is 0 Å². The topological polar surface area (TPSA) is 20.2 Å².